The summed E-state index contributed by atoms with van der Waals surface area (Å²) in [6.07, 6.45) is 0.00431. The van der Waals surface area contributed by atoms with Gasteiger partial charge < -0.3 is 5.32 Å². The van der Waals surface area contributed by atoms with Crippen molar-refractivity contribution in [3.63, 3.8) is 0 Å². The van der Waals surface area contributed by atoms with Crippen molar-refractivity contribution in [2.45, 2.75) is 12.5 Å². The Kier molecular flexibility index (Phi) is 3.28. The SMILES string of the molecule is NN1C2=NC(=O)CC(C(=O)Nc3ccccc3)N2c2ccccc21. The maximum Gasteiger partial charge on any atom is 0.251 e. The van der Waals surface area contributed by atoms with Crippen LogP contribution in [0.1, 0.15) is 6.42 Å². The molecule has 0 aliphatic carbocycles. The van der Waals surface area contributed by atoms with Gasteiger partial charge in [-0.15, -0.1) is 0 Å². The van der Waals surface area contributed by atoms with E-state index in [0.29, 0.717) is 11.4 Å². The highest BCUT2D eigenvalue weighted by molar-refractivity contribution is 6.23. The highest BCUT2D eigenvalue weighted by Crippen LogP contribution is 2.38. The maximum atomic E-state index is 12.8. The Morgan fingerprint density at radius 2 is 1.75 bits per heavy atom. The second-order valence-corrected chi connectivity index (χ2v) is 5.61. The second kappa shape index (κ2) is 5.47. The molecule has 2 aliphatic rings. The number of rotatable bonds is 2. The number of carbonyl (C=O) groups excluding carboxylic acids is 2. The van der Waals surface area contributed by atoms with Crippen LogP contribution in [0.4, 0.5) is 17.1 Å². The number of para-hydroxylation sites is 3. The Hall–Kier alpha value is -3.19. The van der Waals surface area contributed by atoms with E-state index in [4.69, 9.17) is 5.84 Å². The zero-order valence-corrected chi connectivity index (χ0v) is 12.7. The second-order valence-electron chi connectivity index (χ2n) is 5.61. The predicted octanol–water partition coefficient (Wildman–Crippen LogP) is 1.48. The molecule has 1 atom stereocenters. The van der Waals surface area contributed by atoms with Crippen molar-refractivity contribution in [2.24, 2.45) is 10.8 Å². The first-order chi connectivity index (χ1) is 11.6. The number of nitrogens with zero attached hydrogens (tertiary/aromatic N) is 3. The molecule has 0 radical (unpaired) electrons. The number of benzene rings is 2. The fourth-order valence-electron chi connectivity index (χ4n) is 2.99. The van der Waals surface area contributed by atoms with Crippen LogP contribution in [0.5, 0.6) is 0 Å². The molecule has 2 aromatic rings. The molecule has 2 heterocycles. The summed E-state index contributed by atoms with van der Waals surface area (Å²) in [4.78, 5) is 30.5. The van der Waals surface area contributed by atoms with Crippen LogP contribution in [-0.4, -0.2) is 23.8 Å². The highest BCUT2D eigenvalue weighted by Gasteiger charge is 2.43. The lowest BCUT2D eigenvalue weighted by molar-refractivity contribution is -0.123. The first-order valence-electron chi connectivity index (χ1n) is 7.55. The van der Waals surface area contributed by atoms with E-state index in [1.165, 1.54) is 5.01 Å². The standard InChI is InChI=1S/C17H15N5O2/c18-22-13-9-5-4-8-12(13)21-14(10-15(23)20-17(21)22)16(24)19-11-6-2-1-3-7-11/h1-9,14H,10,18H2,(H,19,24). The summed E-state index contributed by atoms with van der Waals surface area (Å²) in [5.74, 6) is 5.70. The van der Waals surface area contributed by atoms with Crippen LogP contribution in [0, 0.1) is 0 Å². The lowest BCUT2D eigenvalue weighted by Crippen LogP contribution is -2.55. The van der Waals surface area contributed by atoms with Gasteiger partial charge in [0.2, 0.25) is 11.9 Å². The monoisotopic (exact) mass is 321 g/mol. The molecular formula is C17H15N5O2. The molecule has 120 valence electrons. The Bertz CT molecular complexity index is 849. The van der Waals surface area contributed by atoms with E-state index in [9.17, 15) is 9.59 Å². The van der Waals surface area contributed by atoms with E-state index < -0.39 is 6.04 Å². The molecule has 2 aliphatic heterocycles. The number of nitrogens with two attached hydrogens (primary N) is 1. The zero-order chi connectivity index (χ0) is 16.7. The van der Waals surface area contributed by atoms with Gasteiger partial charge in [-0.1, -0.05) is 30.3 Å². The molecule has 3 N–H and O–H groups in total. The third-order valence-corrected chi connectivity index (χ3v) is 4.08. The molecule has 0 bridgehead atoms. The molecule has 2 amide bonds. The number of guanidine groups is 1. The Labute approximate surface area is 138 Å². The van der Waals surface area contributed by atoms with Gasteiger partial charge >= 0.3 is 0 Å². The average molecular weight is 321 g/mol. The van der Waals surface area contributed by atoms with E-state index in [-0.39, 0.29) is 24.2 Å². The number of hydrazine groups is 1. The summed E-state index contributed by atoms with van der Waals surface area (Å²) in [6, 6.07) is 15.8. The van der Waals surface area contributed by atoms with Crippen LogP contribution >= 0.6 is 0 Å². The fourth-order valence-corrected chi connectivity index (χ4v) is 2.99. The minimum Gasteiger partial charge on any atom is -0.324 e. The summed E-state index contributed by atoms with van der Waals surface area (Å²) < 4.78 is 0. The molecular weight excluding hydrogens is 306 g/mol. The summed E-state index contributed by atoms with van der Waals surface area (Å²) in [7, 11) is 0. The molecule has 0 saturated carbocycles. The van der Waals surface area contributed by atoms with Crippen molar-refractivity contribution in [1.82, 2.24) is 0 Å². The molecule has 2 aromatic carbocycles. The maximum absolute atomic E-state index is 12.8. The van der Waals surface area contributed by atoms with E-state index in [2.05, 4.69) is 10.3 Å². The Balaban J connectivity index is 1.70. The van der Waals surface area contributed by atoms with E-state index >= 15 is 0 Å². The van der Waals surface area contributed by atoms with Gasteiger partial charge in [0.15, 0.2) is 0 Å². The number of hydrogen-bond acceptors (Lipinski definition) is 5. The zero-order valence-electron chi connectivity index (χ0n) is 12.7. The Morgan fingerprint density at radius 3 is 2.50 bits per heavy atom. The average Bonchev–Trinajstić information content (AvgIpc) is 2.88. The number of hydrogen-bond donors (Lipinski definition) is 2. The van der Waals surface area contributed by atoms with Gasteiger partial charge in [0.25, 0.3) is 5.91 Å². The van der Waals surface area contributed by atoms with Crippen LogP contribution in [0.15, 0.2) is 59.6 Å². The normalized spacial score (nSPS) is 18.8. The van der Waals surface area contributed by atoms with Crippen molar-refractivity contribution < 1.29 is 9.59 Å². The first kappa shape index (κ1) is 14.4. The van der Waals surface area contributed by atoms with Gasteiger partial charge in [0, 0.05) is 5.69 Å². The van der Waals surface area contributed by atoms with Gasteiger partial charge in [-0.05, 0) is 24.3 Å². The van der Waals surface area contributed by atoms with Crippen LogP contribution in [-0.2, 0) is 9.59 Å². The number of fused-ring (bicyclic) bond motifs is 3. The summed E-state index contributed by atoms with van der Waals surface area (Å²) in [5.41, 5.74) is 2.15. The highest BCUT2D eigenvalue weighted by atomic mass is 16.2. The van der Waals surface area contributed by atoms with Crippen molar-refractivity contribution in [2.75, 3.05) is 15.2 Å². The van der Waals surface area contributed by atoms with Gasteiger partial charge in [0.1, 0.15) is 6.04 Å². The predicted molar refractivity (Wildman–Crippen MR) is 91.5 cm³/mol. The Morgan fingerprint density at radius 1 is 1.08 bits per heavy atom. The lowest BCUT2D eigenvalue weighted by atomic mass is 10.1. The molecule has 7 heteroatoms. The summed E-state index contributed by atoms with van der Waals surface area (Å²) in [5, 5.41) is 4.19. The molecule has 0 fully saturated rings. The van der Waals surface area contributed by atoms with E-state index in [1.54, 1.807) is 17.0 Å². The smallest absolute Gasteiger partial charge is 0.251 e. The van der Waals surface area contributed by atoms with Crippen molar-refractivity contribution in [1.29, 1.82) is 0 Å². The van der Waals surface area contributed by atoms with Gasteiger partial charge in [-0.25, -0.2) is 10.9 Å². The number of nitrogens with one attached hydrogen (secondary N) is 1. The number of anilines is 3. The molecule has 1 unspecified atom stereocenters. The molecule has 7 nitrogen and oxygen atoms in total. The van der Waals surface area contributed by atoms with Crippen LogP contribution < -0.4 is 21.1 Å². The largest absolute Gasteiger partial charge is 0.324 e. The van der Waals surface area contributed by atoms with Crippen molar-refractivity contribution in [3.8, 4) is 0 Å². The molecule has 0 spiro atoms. The van der Waals surface area contributed by atoms with Crippen LogP contribution in [0.3, 0.4) is 0 Å². The molecule has 0 aromatic heterocycles. The van der Waals surface area contributed by atoms with Gasteiger partial charge in [0.05, 0.1) is 17.8 Å². The summed E-state index contributed by atoms with van der Waals surface area (Å²) in [6.45, 7) is 0. The number of carbonyl (C=O) groups is 2. The van der Waals surface area contributed by atoms with Crippen molar-refractivity contribution >= 4 is 34.8 Å². The molecule has 24 heavy (non-hydrogen) atoms. The van der Waals surface area contributed by atoms with Gasteiger partial charge in [-0.3, -0.25) is 14.5 Å². The number of amides is 2. The first-order valence-corrected chi connectivity index (χ1v) is 7.55. The minimum atomic E-state index is -0.695. The van der Waals surface area contributed by atoms with E-state index in [1.807, 2.05) is 42.5 Å². The summed E-state index contributed by atoms with van der Waals surface area (Å²) >= 11 is 0. The van der Waals surface area contributed by atoms with E-state index in [0.717, 1.165) is 5.69 Å². The minimum absolute atomic E-state index is 0.00431. The van der Waals surface area contributed by atoms with Crippen LogP contribution in [0.25, 0.3) is 0 Å². The van der Waals surface area contributed by atoms with Gasteiger partial charge in [-0.2, -0.15) is 4.99 Å². The molecule has 4 rings (SSSR count). The topological polar surface area (TPSA) is 91.0 Å². The van der Waals surface area contributed by atoms with Crippen LogP contribution in [0.2, 0.25) is 0 Å². The molecule has 0 saturated heterocycles. The third kappa shape index (κ3) is 2.22. The number of aliphatic imine (C=N–C) groups is 1. The third-order valence-electron chi connectivity index (χ3n) is 4.08. The van der Waals surface area contributed by atoms with Crippen molar-refractivity contribution in [3.05, 3.63) is 54.6 Å². The quantitative estimate of drug-likeness (QED) is 0.818. The fraction of sp³-hybridized carbons (Fsp3) is 0.118. The lowest BCUT2D eigenvalue weighted by Gasteiger charge is -2.31.